The van der Waals surface area contributed by atoms with Crippen molar-refractivity contribution in [2.24, 2.45) is 27.9 Å². The average molecular weight is 720 g/mol. The molecule has 0 saturated carbocycles. The molecular formula is C29H41Cl3N8O5S. The molecule has 1 amide bonds. The van der Waals surface area contributed by atoms with Crippen LogP contribution < -0.4 is 38.9 Å². The number of rotatable bonds is 17. The van der Waals surface area contributed by atoms with Gasteiger partial charge in [0.05, 0.1) is 58.5 Å². The number of nitrogens with one attached hydrogen (secondary N) is 3. The number of carbonyl (C=O) groups is 3. The number of fused-ring (bicyclic) bond motifs is 3. The van der Waals surface area contributed by atoms with Crippen LogP contribution in [0.25, 0.3) is 10.1 Å². The summed E-state index contributed by atoms with van der Waals surface area (Å²) in [6, 6.07) is 8.51. The number of anilines is 2. The molecule has 0 unspecified atom stereocenters. The number of halogens is 3. The second-order valence-corrected chi connectivity index (χ2v) is 10.7. The highest BCUT2D eigenvalue weighted by Crippen LogP contribution is 2.46. The van der Waals surface area contributed by atoms with E-state index in [1.165, 1.54) is 11.3 Å². The van der Waals surface area contributed by atoms with Gasteiger partial charge < -0.3 is 48.4 Å². The molecule has 0 aliphatic heterocycles. The number of nitrogens with two attached hydrogens (primary N) is 4. The number of thiophene rings is 1. The molecule has 1 aliphatic rings. The number of guanidine groups is 1. The van der Waals surface area contributed by atoms with Crippen molar-refractivity contribution in [1.82, 2.24) is 5.32 Å². The number of amides is 1. The van der Waals surface area contributed by atoms with Gasteiger partial charge in [-0.1, -0.05) is 24.3 Å². The summed E-state index contributed by atoms with van der Waals surface area (Å²) in [6.45, 7) is 3.66. The van der Waals surface area contributed by atoms with E-state index in [-0.39, 0.29) is 71.8 Å². The van der Waals surface area contributed by atoms with E-state index in [1.807, 2.05) is 0 Å². The van der Waals surface area contributed by atoms with Crippen molar-refractivity contribution in [1.29, 1.82) is 0 Å². The van der Waals surface area contributed by atoms with Crippen molar-refractivity contribution in [3.63, 3.8) is 0 Å². The first-order valence-corrected chi connectivity index (χ1v) is 14.9. The highest BCUT2D eigenvalue weighted by Gasteiger charge is 2.36. The molecule has 17 heteroatoms. The van der Waals surface area contributed by atoms with Gasteiger partial charge in [-0.25, -0.2) is 0 Å². The van der Waals surface area contributed by atoms with E-state index in [0.717, 1.165) is 0 Å². The van der Waals surface area contributed by atoms with Gasteiger partial charge in [-0.05, 0) is 12.5 Å². The Bertz CT molecular complexity index is 1430. The molecule has 2 aromatic carbocycles. The number of hydrogen-bond acceptors (Lipinski definition) is 11. The lowest BCUT2D eigenvalue weighted by atomic mass is 9.81. The van der Waals surface area contributed by atoms with Gasteiger partial charge in [0.1, 0.15) is 0 Å². The van der Waals surface area contributed by atoms with E-state index in [4.69, 9.17) is 32.4 Å². The van der Waals surface area contributed by atoms with Gasteiger partial charge in [0.25, 0.3) is 5.91 Å². The second kappa shape index (κ2) is 20.1. The molecule has 1 aromatic heterocycles. The van der Waals surface area contributed by atoms with Crippen molar-refractivity contribution in [2.45, 2.75) is 6.42 Å². The smallest absolute Gasteiger partial charge is 0.261 e. The Kier molecular flexibility index (Phi) is 17.8. The number of benzene rings is 2. The predicted octanol–water partition coefficient (Wildman–Crippen LogP) is 2.11. The lowest BCUT2D eigenvalue weighted by molar-refractivity contribution is 0.0956. The maximum atomic E-state index is 14.0. The van der Waals surface area contributed by atoms with Gasteiger partial charge in [-0.3, -0.25) is 19.4 Å². The number of aliphatic imine (C=N–C) groups is 1. The van der Waals surface area contributed by atoms with Crippen molar-refractivity contribution >= 4 is 93.5 Å². The highest BCUT2D eigenvalue weighted by molar-refractivity contribution is 7.21. The molecule has 0 radical (unpaired) electrons. The summed E-state index contributed by atoms with van der Waals surface area (Å²) in [5, 5.41) is 10.2. The monoisotopic (exact) mass is 718 g/mol. The third-order valence-electron chi connectivity index (χ3n) is 6.61. The third kappa shape index (κ3) is 9.65. The number of ketones is 2. The Labute approximate surface area is 289 Å². The van der Waals surface area contributed by atoms with Crippen LogP contribution in [0.15, 0.2) is 35.3 Å². The van der Waals surface area contributed by atoms with Crippen molar-refractivity contribution in [3.8, 4) is 0 Å². The fourth-order valence-electron chi connectivity index (χ4n) is 4.77. The Morgan fingerprint density at radius 2 is 1.35 bits per heavy atom. The largest absolute Gasteiger partial charge is 0.382 e. The van der Waals surface area contributed by atoms with E-state index in [0.29, 0.717) is 110 Å². The van der Waals surface area contributed by atoms with Crippen LogP contribution in [-0.4, -0.2) is 89.1 Å². The molecule has 0 bridgehead atoms. The Morgan fingerprint density at radius 3 is 1.89 bits per heavy atom. The van der Waals surface area contributed by atoms with Gasteiger partial charge in [0, 0.05) is 55.8 Å². The van der Waals surface area contributed by atoms with Crippen LogP contribution in [0, 0.1) is 0 Å². The van der Waals surface area contributed by atoms with Crippen LogP contribution in [0.1, 0.15) is 47.9 Å². The molecule has 254 valence electrons. The van der Waals surface area contributed by atoms with Crippen LogP contribution >= 0.6 is 48.6 Å². The maximum Gasteiger partial charge on any atom is 0.261 e. The van der Waals surface area contributed by atoms with Gasteiger partial charge in [0.15, 0.2) is 17.5 Å². The third-order valence-corrected chi connectivity index (χ3v) is 7.76. The zero-order valence-electron chi connectivity index (χ0n) is 25.1. The number of nitrogens with zero attached hydrogens (tertiary/aromatic N) is 1. The molecule has 0 atom stereocenters. The zero-order chi connectivity index (χ0) is 30.8. The first-order valence-electron chi connectivity index (χ1n) is 14.1. The normalized spacial score (nSPS) is 11.3. The quantitative estimate of drug-likeness (QED) is 0.0362. The van der Waals surface area contributed by atoms with E-state index in [1.54, 1.807) is 30.3 Å². The Morgan fingerprint density at radius 1 is 0.804 bits per heavy atom. The number of ether oxygens (including phenoxy) is 2. The molecule has 3 aromatic rings. The van der Waals surface area contributed by atoms with Crippen molar-refractivity contribution < 1.29 is 23.9 Å². The molecule has 1 heterocycles. The summed E-state index contributed by atoms with van der Waals surface area (Å²) in [4.78, 5) is 45.6. The van der Waals surface area contributed by atoms with E-state index >= 15 is 0 Å². The fraction of sp³-hybridized carbons (Fsp3) is 0.379. The van der Waals surface area contributed by atoms with Crippen LogP contribution in [0.5, 0.6) is 0 Å². The second-order valence-electron chi connectivity index (χ2n) is 9.63. The minimum atomic E-state index is -0.292. The standard InChI is InChI=1S/C29H38N8O5S.3ClH/c30-6-12-41-14-10-34-23-19-16-20(28(40)36-8-3-9-37-29(32)33)43-27(19)24(35-11-15-42-13-7-31)22-21(23)25(38)17-4-1-2-5-18(17)26(22)39;;;/h1-2,4-5,16,34-35H,3,6-15,30-31H2,(H,36,40)(H4,32,33,37);3*1H. The molecule has 46 heavy (non-hydrogen) atoms. The predicted molar refractivity (Wildman–Crippen MR) is 191 cm³/mol. The molecule has 4 rings (SSSR count). The van der Waals surface area contributed by atoms with Crippen molar-refractivity contribution in [2.75, 3.05) is 76.3 Å². The average Bonchev–Trinajstić information content (AvgIpc) is 3.45. The first kappa shape index (κ1) is 40.8. The number of hydrogen-bond donors (Lipinski definition) is 7. The molecular weight excluding hydrogens is 679 g/mol. The summed E-state index contributed by atoms with van der Waals surface area (Å²) < 4.78 is 11.7. The van der Waals surface area contributed by atoms with Gasteiger partial charge >= 0.3 is 0 Å². The molecule has 0 fully saturated rings. The van der Waals surface area contributed by atoms with Crippen LogP contribution in [0.2, 0.25) is 0 Å². The van der Waals surface area contributed by atoms with Gasteiger partial charge in [0.2, 0.25) is 0 Å². The lowest BCUT2D eigenvalue weighted by Gasteiger charge is -2.25. The molecule has 1 aliphatic carbocycles. The first-order chi connectivity index (χ1) is 20.9. The molecule has 13 nitrogen and oxygen atoms in total. The Balaban J connectivity index is 0.00000353. The SMILES string of the molecule is Cl.Cl.Cl.NCCOCCNc1c2c(c(NCCOCCN)c3sc(C(=O)NCCCN=C(N)N)cc13)C(=O)c1ccccc1C2=O. The Hall–Kier alpha value is -3.21. The fourth-order valence-corrected chi connectivity index (χ4v) is 5.88. The van der Waals surface area contributed by atoms with E-state index in [9.17, 15) is 14.4 Å². The number of carbonyl (C=O) groups excluding carboxylic acids is 3. The van der Waals surface area contributed by atoms with Crippen LogP contribution in [0.3, 0.4) is 0 Å². The summed E-state index contributed by atoms with van der Waals surface area (Å²) in [5.74, 6) is -0.858. The highest BCUT2D eigenvalue weighted by atomic mass is 35.5. The molecule has 0 spiro atoms. The van der Waals surface area contributed by atoms with Crippen LogP contribution in [0.4, 0.5) is 11.4 Å². The summed E-state index contributed by atoms with van der Waals surface area (Å²) >= 11 is 1.23. The molecule has 11 N–H and O–H groups in total. The minimum absolute atomic E-state index is 0. The van der Waals surface area contributed by atoms with Crippen molar-refractivity contribution in [3.05, 3.63) is 57.5 Å². The van der Waals surface area contributed by atoms with E-state index < -0.39 is 0 Å². The zero-order valence-corrected chi connectivity index (χ0v) is 28.4. The summed E-state index contributed by atoms with van der Waals surface area (Å²) in [7, 11) is 0. The molecule has 0 saturated heterocycles. The topological polar surface area (TPSA) is 222 Å². The summed E-state index contributed by atoms with van der Waals surface area (Å²) in [5.41, 5.74) is 23.9. The minimum Gasteiger partial charge on any atom is -0.382 e. The van der Waals surface area contributed by atoms with Gasteiger partial charge in [-0.2, -0.15) is 0 Å². The lowest BCUT2D eigenvalue weighted by Crippen LogP contribution is -2.26. The van der Waals surface area contributed by atoms with E-state index in [2.05, 4.69) is 20.9 Å². The maximum absolute atomic E-state index is 14.0. The van der Waals surface area contributed by atoms with Crippen LogP contribution in [-0.2, 0) is 9.47 Å². The van der Waals surface area contributed by atoms with Gasteiger partial charge in [-0.15, -0.1) is 48.6 Å². The summed E-state index contributed by atoms with van der Waals surface area (Å²) in [6.07, 6.45) is 0.551.